The highest BCUT2D eigenvalue weighted by Gasteiger charge is 2.10. The second kappa shape index (κ2) is 8.22. The summed E-state index contributed by atoms with van der Waals surface area (Å²) in [7, 11) is 0. The van der Waals surface area contributed by atoms with Crippen molar-refractivity contribution in [2.45, 2.75) is 45.5 Å². The number of aromatic nitrogens is 1. The van der Waals surface area contributed by atoms with E-state index in [4.69, 9.17) is 4.52 Å². The third-order valence-electron chi connectivity index (χ3n) is 2.82. The molecule has 1 aromatic heterocycles. The highest BCUT2D eigenvalue weighted by molar-refractivity contribution is 7.99. The van der Waals surface area contributed by atoms with Crippen molar-refractivity contribution in [3.8, 4) is 0 Å². The van der Waals surface area contributed by atoms with Gasteiger partial charge in [-0.3, -0.25) is 4.79 Å². The number of aliphatic hydroxyl groups is 1. The monoisotopic (exact) mass is 286 g/mol. The zero-order chi connectivity index (χ0) is 14.3. The molecule has 1 aromatic rings. The van der Waals surface area contributed by atoms with Crippen molar-refractivity contribution in [2.75, 3.05) is 12.3 Å². The van der Waals surface area contributed by atoms with Gasteiger partial charge in [-0.15, -0.1) is 11.8 Å². The lowest BCUT2D eigenvalue weighted by Crippen LogP contribution is -2.33. The molecular formula is C13H22N2O3S. The topological polar surface area (TPSA) is 75.4 Å². The predicted molar refractivity (Wildman–Crippen MR) is 76.1 cm³/mol. The molecule has 1 heterocycles. The first-order valence-electron chi connectivity index (χ1n) is 6.48. The molecule has 0 aliphatic carbocycles. The molecule has 0 radical (unpaired) electrons. The summed E-state index contributed by atoms with van der Waals surface area (Å²) in [6.45, 7) is 6.10. The largest absolute Gasteiger partial charge is 0.391 e. The van der Waals surface area contributed by atoms with E-state index in [0.29, 0.717) is 24.5 Å². The van der Waals surface area contributed by atoms with Crippen molar-refractivity contribution < 1.29 is 14.4 Å². The van der Waals surface area contributed by atoms with E-state index in [1.807, 2.05) is 20.8 Å². The lowest BCUT2D eigenvalue weighted by atomic mass is 10.2. The van der Waals surface area contributed by atoms with Crippen molar-refractivity contribution in [3.63, 3.8) is 0 Å². The molecule has 5 nitrogen and oxygen atoms in total. The minimum atomic E-state index is -0.443. The third kappa shape index (κ3) is 5.65. The number of carbonyl (C=O) groups is 1. The number of thioether (sulfide) groups is 1. The highest BCUT2D eigenvalue weighted by Crippen LogP contribution is 2.19. The maximum Gasteiger partial charge on any atom is 0.230 e. The van der Waals surface area contributed by atoms with Crippen LogP contribution in [0.5, 0.6) is 0 Å². The quantitative estimate of drug-likeness (QED) is 0.762. The first kappa shape index (κ1) is 16.0. The summed E-state index contributed by atoms with van der Waals surface area (Å²) in [4.78, 5) is 11.6. The van der Waals surface area contributed by atoms with Crippen molar-refractivity contribution in [3.05, 3.63) is 17.0 Å². The van der Waals surface area contributed by atoms with Gasteiger partial charge in [0.05, 0.1) is 17.6 Å². The number of hydrogen-bond acceptors (Lipinski definition) is 5. The fourth-order valence-electron chi connectivity index (χ4n) is 1.67. The Hall–Kier alpha value is -1.01. The molecule has 1 amide bonds. The number of aryl methyl sites for hydroxylation is 2. The van der Waals surface area contributed by atoms with Crippen LogP contribution in [0.1, 0.15) is 36.8 Å². The van der Waals surface area contributed by atoms with Gasteiger partial charge in [0.2, 0.25) is 5.91 Å². The average molecular weight is 286 g/mol. The van der Waals surface area contributed by atoms with E-state index in [1.165, 1.54) is 11.8 Å². The van der Waals surface area contributed by atoms with Crippen LogP contribution in [-0.2, 0) is 10.5 Å². The van der Waals surface area contributed by atoms with Crippen molar-refractivity contribution in [2.24, 2.45) is 0 Å². The number of amides is 1. The van der Waals surface area contributed by atoms with Crippen molar-refractivity contribution in [1.82, 2.24) is 10.5 Å². The number of carbonyl (C=O) groups excluding carboxylic acids is 1. The molecule has 0 saturated carbocycles. The van der Waals surface area contributed by atoms with E-state index in [1.54, 1.807) is 0 Å². The molecule has 0 spiro atoms. The summed E-state index contributed by atoms with van der Waals surface area (Å²) < 4.78 is 5.06. The molecule has 1 atom stereocenters. The molecule has 0 saturated heterocycles. The van der Waals surface area contributed by atoms with Gasteiger partial charge in [-0.05, 0) is 20.3 Å². The normalized spacial score (nSPS) is 12.4. The number of hydrogen-bond donors (Lipinski definition) is 2. The van der Waals surface area contributed by atoms with Gasteiger partial charge >= 0.3 is 0 Å². The zero-order valence-electron chi connectivity index (χ0n) is 11.7. The smallest absolute Gasteiger partial charge is 0.230 e. The summed E-state index contributed by atoms with van der Waals surface area (Å²) in [5.41, 5.74) is 1.94. The predicted octanol–water partition coefficient (Wildman–Crippen LogP) is 1.80. The van der Waals surface area contributed by atoms with E-state index in [-0.39, 0.29) is 5.91 Å². The zero-order valence-corrected chi connectivity index (χ0v) is 12.5. The van der Waals surface area contributed by atoms with Crippen LogP contribution in [0.15, 0.2) is 4.52 Å². The van der Waals surface area contributed by atoms with Crippen LogP contribution in [-0.4, -0.2) is 34.6 Å². The molecule has 0 fully saturated rings. The van der Waals surface area contributed by atoms with E-state index >= 15 is 0 Å². The van der Waals surface area contributed by atoms with Gasteiger partial charge in [-0.25, -0.2) is 0 Å². The van der Waals surface area contributed by atoms with E-state index in [0.717, 1.165) is 23.4 Å². The molecule has 2 N–H and O–H groups in total. The number of nitrogens with one attached hydrogen (secondary N) is 1. The molecule has 19 heavy (non-hydrogen) atoms. The third-order valence-corrected chi connectivity index (χ3v) is 3.78. The van der Waals surface area contributed by atoms with Crippen molar-refractivity contribution >= 4 is 17.7 Å². The first-order chi connectivity index (χ1) is 9.04. The standard InChI is InChI=1S/C13H22N2O3S/c1-4-5-11(16)6-14-13(17)8-19-7-12-9(2)15-18-10(12)3/h11,16H,4-8H2,1-3H3,(H,14,17). The van der Waals surface area contributed by atoms with Crippen LogP contribution in [0.25, 0.3) is 0 Å². The maximum atomic E-state index is 11.6. The van der Waals surface area contributed by atoms with Gasteiger partial charge in [0.15, 0.2) is 0 Å². The highest BCUT2D eigenvalue weighted by atomic mass is 32.2. The van der Waals surface area contributed by atoms with Crippen LogP contribution in [0.3, 0.4) is 0 Å². The minimum Gasteiger partial charge on any atom is -0.391 e. The Kier molecular flexibility index (Phi) is 6.94. The molecule has 6 heteroatoms. The molecule has 1 rings (SSSR count). The Morgan fingerprint density at radius 1 is 1.53 bits per heavy atom. The van der Waals surface area contributed by atoms with Gasteiger partial charge in [0, 0.05) is 17.9 Å². The lowest BCUT2D eigenvalue weighted by Gasteiger charge is -2.10. The van der Waals surface area contributed by atoms with Crippen LogP contribution in [0.4, 0.5) is 0 Å². The van der Waals surface area contributed by atoms with Gasteiger partial charge < -0.3 is 14.9 Å². The van der Waals surface area contributed by atoms with Crippen LogP contribution < -0.4 is 5.32 Å². The molecule has 0 aliphatic rings. The van der Waals surface area contributed by atoms with Gasteiger partial charge in [0.1, 0.15) is 5.76 Å². The summed E-state index contributed by atoms with van der Waals surface area (Å²) >= 11 is 1.52. The molecule has 0 bridgehead atoms. The molecule has 108 valence electrons. The number of aliphatic hydroxyl groups excluding tert-OH is 1. The molecule has 1 unspecified atom stereocenters. The second-order valence-electron chi connectivity index (χ2n) is 4.54. The second-order valence-corrected chi connectivity index (χ2v) is 5.53. The van der Waals surface area contributed by atoms with Gasteiger partial charge in [-0.1, -0.05) is 18.5 Å². The Balaban J connectivity index is 2.21. The minimum absolute atomic E-state index is 0.0492. The van der Waals surface area contributed by atoms with E-state index in [2.05, 4.69) is 10.5 Å². The summed E-state index contributed by atoms with van der Waals surface area (Å²) in [5.74, 6) is 1.85. The summed E-state index contributed by atoms with van der Waals surface area (Å²) in [6, 6.07) is 0. The molecule has 0 aliphatic heterocycles. The van der Waals surface area contributed by atoms with Gasteiger partial charge in [0.25, 0.3) is 0 Å². The molecular weight excluding hydrogens is 264 g/mol. The van der Waals surface area contributed by atoms with Crippen LogP contribution in [0, 0.1) is 13.8 Å². The van der Waals surface area contributed by atoms with E-state index < -0.39 is 6.10 Å². The van der Waals surface area contributed by atoms with Crippen molar-refractivity contribution in [1.29, 1.82) is 0 Å². The van der Waals surface area contributed by atoms with Crippen LogP contribution in [0.2, 0.25) is 0 Å². The first-order valence-corrected chi connectivity index (χ1v) is 7.64. The SMILES string of the molecule is CCCC(O)CNC(=O)CSCc1c(C)noc1C. The lowest BCUT2D eigenvalue weighted by molar-refractivity contribution is -0.119. The fraction of sp³-hybridized carbons (Fsp3) is 0.692. The molecule has 0 aromatic carbocycles. The Morgan fingerprint density at radius 2 is 2.26 bits per heavy atom. The number of nitrogens with zero attached hydrogens (tertiary/aromatic N) is 1. The Bertz CT molecular complexity index is 387. The van der Waals surface area contributed by atoms with Gasteiger partial charge in [-0.2, -0.15) is 0 Å². The average Bonchev–Trinajstić information content (AvgIpc) is 2.68. The Labute approximate surface area is 118 Å². The van der Waals surface area contributed by atoms with Crippen LogP contribution >= 0.6 is 11.8 Å². The summed E-state index contributed by atoms with van der Waals surface area (Å²) in [6.07, 6.45) is 1.19. The summed E-state index contributed by atoms with van der Waals surface area (Å²) in [5, 5.41) is 16.1. The van der Waals surface area contributed by atoms with E-state index in [9.17, 15) is 9.90 Å². The maximum absolute atomic E-state index is 11.6. The number of rotatable bonds is 8. The Morgan fingerprint density at radius 3 is 2.84 bits per heavy atom. The fourth-order valence-corrected chi connectivity index (χ4v) is 2.68.